The molecule has 0 aromatic rings. The van der Waals surface area contributed by atoms with Crippen molar-refractivity contribution < 1.29 is 42.3 Å². The van der Waals surface area contributed by atoms with Gasteiger partial charge in [-0.2, -0.15) is 0 Å². The first kappa shape index (κ1) is 9.67. The van der Waals surface area contributed by atoms with Crippen LogP contribution in [0.2, 0.25) is 0 Å². The van der Waals surface area contributed by atoms with Crippen LogP contribution in [0.1, 0.15) is 6.92 Å². The molecule has 0 N–H and O–H groups in total. The van der Waals surface area contributed by atoms with Crippen LogP contribution in [0.25, 0.3) is 0 Å². The second-order valence-corrected chi connectivity index (χ2v) is 0.729. The third-order valence-electron chi connectivity index (χ3n) is 0.166. The topological polar surface area (TPSA) is 34.1 Å². The molecule has 0 spiro atoms. The molecule has 0 atom stereocenters. The molecule has 31 valence electrons. The van der Waals surface area contributed by atoms with Gasteiger partial charge in [-0.25, -0.2) is 0 Å². The number of Topliss-reactive ketones (excluding diaryl/α,β-unsaturated/α-hetero) is 1. The zero-order valence-corrected chi connectivity index (χ0v) is 6.31. The third kappa shape index (κ3) is 8.82. The molecule has 0 amide bonds. The number of aldehydes is 1. The Morgan fingerprint density at radius 2 is 1.83 bits per heavy atom. The largest absolute Gasteiger partial charge is 0.295 e. The van der Waals surface area contributed by atoms with E-state index in [9.17, 15) is 4.79 Å². The molecule has 2 nitrogen and oxygen atoms in total. The molecule has 0 heterocycles. The van der Waals surface area contributed by atoms with Gasteiger partial charge in [0, 0.05) is 39.6 Å². The van der Waals surface area contributed by atoms with E-state index >= 15 is 0 Å². The maximum absolute atomic E-state index is 9.44. The minimum absolute atomic E-state index is 0. The van der Waals surface area contributed by atoms with E-state index in [0.29, 0.717) is 0 Å². The number of ketones is 1. The number of hydrogen-bond acceptors (Lipinski definition) is 2. The van der Waals surface area contributed by atoms with Gasteiger partial charge in [-0.05, 0) is 0 Å². The first-order chi connectivity index (χ1) is 2.27. The van der Waals surface area contributed by atoms with Crippen molar-refractivity contribution >= 4 is 12.1 Å². The third-order valence-corrected chi connectivity index (χ3v) is 0.166. The second kappa shape index (κ2) is 5.44. The molecular formula is C3H4O2Y. The molecular weight excluding hydrogens is 157 g/mol. The van der Waals surface area contributed by atoms with Crippen molar-refractivity contribution in [2.45, 2.75) is 6.92 Å². The molecule has 0 aliphatic heterocycles. The Labute approximate surface area is 61.2 Å². The number of rotatable bonds is 1. The van der Waals surface area contributed by atoms with Gasteiger partial charge in [0.15, 0.2) is 12.1 Å². The van der Waals surface area contributed by atoms with Gasteiger partial charge in [0.1, 0.15) is 0 Å². The molecule has 0 saturated heterocycles. The van der Waals surface area contributed by atoms with E-state index in [1.807, 2.05) is 0 Å². The van der Waals surface area contributed by atoms with Crippen molar-refractivity contribution in [1.82, 2.24) is 0 Å². The van der Waals surface area contributed by atoms with Crippen molar-refractivity contribution in [1.29, 1.82) is 0 Å². The fraction of sp³-hybridized carbons (Fsp3) is 0.333. The Hall–Kier alpha value is 0.444. The summed E-state index contributed by atoms with van der Waals surface area (Å²) in [4.78, 5) is 18.6. The van der Waals surface area contributed by atoms with Gasteiger partial charge >= 0.3 is 0 Å². The molecule has 6 heavy (non-hydrogen) atoms. The smallest absolute Gasteiger partial charge is 0.192 e. The average Bonchev–Trinajstić information content (AvgIpc) is 1.38. The van der Waals surface area contributed by atoms with Gasteiger partial charge in [0.05, 0.1) is 0 Å². The van der Waals surface area contributed by atoms with Gasteiger partial charge in [-0.15, -0.1) is 0 Å². The van der Waals surface area contributed by atoms with Crippen LogP contribution in [-0.2, 0) is 42.3 Å². The van der Waals surface area contributed by atoms with Gasteiger partial charge in [0.2, 0.25) is 0 Å². The standard InChI is InChI=1S/C3H4O2.Y/c1-3(5)2-4;/h2H,1H3;. The summed E-state index contributed by atoms with van der Waals surface area (Å²) in [5.74, 6) is -0.426. The Morgan fingerprint density at radius 1 is 1.67 bits per heavy atom. The first-order valence-corrected chi connectivity index (χ1v) is 1.23. The summed E-state index contributed by atoms with van der Waals surface area (Å²) in [5, 5.41) is 0. The van der Waals surface area contributed by atoms with Crippen LogP contribution >= 0.6 is 0 Å². The van der Waals surface area contributed by atoms with Crippen molar-refractivity contribution in [3.8, 4) is 0 Å². The molecule has 0 aromatic heterocycles. The van der Waals surface area contributed by atoms with Gasteiger partial charge in [0.25, 0.3) is 0 Å². The SMILES string of the molecule is CC(=O)C=O.[Y]. The number of hydrogen-bond donors (Lipinski definition) is 0. The minimum Gasteiger partial charge on any atom is -0.295 e. The van der Waals surface area contributed by atoms with Crippen LogP contribution in [0, 0.1) is 0 Å². The van der Waals surface area contributed by atoms with Crippen molar-refractivity contribution in [3.05, 3.63) is 0 Å². The Balaban J connectivity index is 0. The van der Waals surface area contributed by atoms with Crippen LogP contribution in [0.15, 0.2) is 0 Å². The van der Waals surface area contributed by atoms with Crippen LogP contribution in [-0.4, -0.2) is 12.1 Å². The number of carbonyl (C=O) groups is 2. The van der Waals surface area contributed by atoms with E-state index in [1.54, 1.807) is 0 Å². The predicted molar refractivity (Wildman–Crippen MR) is 16.7 cm³/mol. The quantitative estimate of drug-likeness (QED) is 0.393. The molecule has 0 fully saturated rings. The minimum atomic E-state index is -0.426. The van der Waals surface area contributed by atoms with Gasteiger partial charge in [-0.3, -0.25) is 9.59 Å². The fourth-order valence-electron chi connectivity index (χ4n) is 0. The van der Waals surface area contributed by atoms with Gasteiger partial charge in [-0.1, -0.05) is 0 Å². The molecule has 0 aromatic carbocycles. The maximum Gasteiger partial charge on any atom is 0.192 e. The van der Waals surface area contributed by atoms with Crippen molar-refractivity contribution in [2.24, 2.45) is 0 Å². The zero-order chi connectivity index (χ0) is 4.28. The van der Waals surface area contributed by atoms with E-state index < -0.39 is 5.78 Å². The molecule has 0 aliphatic carbocycles. The molecule has 1 radical (unpaired) electrons. The van der Waals surface area contributed by atoms with Crippen LogP contribution < -0.4 is 0 Å². The Kier molecular flexibility index (Phi) is 8.77. The zero-order valence-electron chi connectivity index (χ0n) is 3.47. The molecule has 3 heteroatoms. The normalized spacial score (nSPS) is 5.50. The van der Waals surface area contributed by atoms with E-state index in [-0.39, 0.29) is 39.0 Å². The van der Waals surface area contributed by atoms with Crippen molar-refractivity contribution in [3.63, 3.8) is 0 Å². The Morgan fingerprint density at radius 3 is 1.83 bits per heavy atom. The van der Waals surface area contributed by atoms with Crippen LogP contribution in [0.3, 0.4) is 0 Å². The summed E-state index contributed by atoms with van der Waals surface area (Å²) >= 11 is 0. The summed E-state index contributed by atoms with van der Waals surface area (Å²) in [6.45, 7) is 1.22. The van der Waals surface area contributed by atoms with Crippen molar-refractivity contribution in [2.75, 3.05) is 0 Å². The summed E-state index contributed by atoms with van der Waals surface area (Å²) in [6.07, 6.45) is 0.278. The average molecular weight is 161 g/mol. The van der Waals surface area contributed by atoms with E-state index in [0.717, 1.165) is 0 Å². The molecule has 0 saturated carbocycles. The molecule has 0 unspecified atom stereocenters. The summed E-state index contributed by atoms with van der Waals surface area (Å²) < 4.78 is 0. The molecule has 0 bridgehead atoms. The number of carbonyl (C=O) groups excluding carboxylic acids is 2. The van der Waals surface area contributed by atoms with Crippen LogP contribution in [0.4, 0.5) is 0 Å². The maximum atomic E-state index is 9.44. The monoisotopic (exact) mass is 161 g/mol. The summed E-state index contributed by atoms with van der Waals surface area (Å²) in [6, 6.07) is 0. The second-order valence-electron chi connectivity index (χ2n) is 0.729. The van der Waals surface area contributed by atoms with Gasteiger partial charge < -0.3 is 0 Å². The first-order valence-electron chi connectivity index (χ1n) is 1.23. The van der Waals surface area contributed by atoms with E-state index in [1.165, 1.54) is 6.92 Å². The fourth-order valence-corrected chi connectivity index (χ4v) is 0. The summed E-state index contributed by atoms with van der Waals surface area (Å²) in [7, 11) is 0. The summed E-state index contributed by atoms with van der Waals surface area (Å²) in [5.41, 5.74) is 0. The molecule has 0 aliphatic rings. The van der Waals surface area contributed by atoms with E-state index in [4.69, 9.17) is 4.79 Å². The predicted octanol–water partition coefficient (Wildman–Crippen LogP) is -0.228. The Bertz CT molecular complexity index is 59.8. The molecule has 0 rings (SSSR count). The van der Waals surface area contributed by atoms with E-state index in [2.05, 4.69) is 0 Å². The van der Waals surface area contributed by atoms with Crippen LogP contribution in [0.5, 0.6) is 0 Å².